The molecule has 2 aromatic carbocycles. The van der Waals surface area contributed by atoms with E-state index in [4.69, 9.17) is 16.3 Å². The summed E-state index contributed by atoms with van der Waals surface area (Å²) in [7, 11) is -2.00. The lowest BCUT2D eigenvalue weighted by atomic mass is 10.0. The Labute approximate surface area is 200 Å². The van der Waals surface area contributed by atoms with Crippen LogP contribution in [0.1, 0.15) is 47.6 Å². The third-order valence-electron chi connectivity index (χ3n) is 6.42. The highest BCUT2D eigenvalue weighted by atomic mass is 35.5. The monoisotopic (exact) mass is 491 g/mol. The molecule has 2 aliphatic heterocycles. The van der Waals surface area contributed by atoms with Crippen LogP contribution in [0.15, 0.2) is 47.4 Å². The number of likely N-dealkylation sites (tertiary alicyclic amines) is 1. The molecule has 4 rings (SSSR count). The molecule has 1 N–H and O–H groups in total. The summed E-state index contributed by atoms with van der Waals surface area (Å²) in [5.41, 5.74) is 1.27. The van der Waals surface area contributed by atoms with E-state index in [1.54, 1.807) is 7.11 Å². The summed E-state index contributed by atoms with van der Waals surface area (Å²) in [4.78, 5) is 15.5. The lowest BCUT2D eigenvalue weighted by Gasteiger charge is -2.28. The summed E-state index contributed by atoms with van der Waals surface area (Å²) in [6.45, 7) is 3.34. The second kappa shape index (κ2) is 10.4. The number of carbonyl (C=O) groups is 1. The lowest BCUT2D eigenvalue weighted by Crippen LogP contribution is -2.37. The van der Waals surface area contributed by atoms with Crippen molar-refractivity contribution >= 4 is 27.5 Å². The molecule has 1 amide bonds. The van der Waals surface area contributed by atoms with Crippen molar-refractivity contribution in [3.05, 3.63) is 58.6 Å². The van der Waals surface area contributed by atoms with E-state index >= 15 is 0 Å². The van der Waals surface area contributed by atoms with Crippen LogP contribution in [0.3, 0.4) is 0 Å². The van der Waals surface area contributed by atoms with Crippen LogP contribution in [0.4, 0.5) is 0 Å². The summed E-state index contributed by atoms with van der Waals surface area (Å²) < 4.78 is 32.6. The fourth-order valence-corrected chi connectivity index (χ4v) is 6.29. The van der Waals surface area contributed by atoms with Gasteiger partial charge in [-0.25, -0.2) is 8.42 Å². The van der Waals surface area contributed by atoms with E-state index in [1.807, 2.05) is 24.3 Å². The van der Waals surface area contributed by atoms with E-state index in [1.165, 1.54) is 22.5 Å². The Morgan fingerprint density at radius 1 is 1.03 bits per heavy atom. The molecule has 1 atom stereocenters. The molecule has 0 aromatic heterocycles. The van der Waals surface area contributed by atoms with Gasteiger partial charge in [0, 0.05) is 19.6 Å². The molecule has 2 aromatic rings. The molecular formula is C24H30ClN3O4S. The number of halogens is 1. The molecule has 7 nitrogen and oxygen atoms in total. The number of hydrogen-bond acceptors (Lipinski definition) is 5. The number of ether oxygens (including phenoxy) is 1. The number of nitrogens with zero attached hydrogens (tertiary/aromatic N) is 2. The molecule has 0 unspecified atom stereocenters. The van der Waals surface area contributed by atoms with E-state index in [0.717, 1.165) is 50.1 Å². The first-order valence-electron chi connectivity index (χ1n) is 11.4. The summed E-state index contributed by atoms with van der Waals surface area (Å²) in [6.07, 6.45) is 3.96. The van der Waals surface area contributed by atoms with Gasteiger partial charge in [-0.15, -0.1) is 0 Å². The third kappa shape index (κ3) is 5.35. The average molecular weight is 492 g/mol. The minimum Gasteiger partial charge on any atom is -0.497 e. The van der Waals surface area contributed by atoms with E-state index < -0.39 is 10.0 Å². The molecular weight excluding hydrogens is 462 g/mol. The first kappa shape index (κ1) is 24.0. The zero-order valence-corrected chi connectivity index (χ0v) is 20.4. The fourth-order valence-electron chi connectivity index (χ4n) is 4.54. The van der Waals surface area contributed by atoms with Gasteiger partial charge in [-0.3, -0.25) is 9.69 Å². The number of rotatable bonds is 8. The lowest BCUT2D eigenvalue weighted by molar-refractivity contribution is 0.0938. The zero-order chi connectivity index (χ0) is 23.4. The summed E-state index contributed by atoms with van der Waals surface area (Å²) in [5, 5.41) is 3.22. The van der Waals surface area contributed by atoms with Gasteiger partial charge in [-0.05, 0) is 74.7 Å². The first-order chi connectivity index (χ1) is 15.9. The maximum absolute atomic E-state index is 13.1. The molecule has 33 heavy (non-hydrogen) atoms. The molecule has 0 radical (unpaired) electrons. The van der Waals surface area contributed by atoms with Crippen LogP contribution in [0, 0.1) is 0 Å². The Morgan fingerprint density at radius 3 is 2.30 bits per heavy atom. The van der Waals surface area contributed by atoms with Gasteiger partial charge in [-0.1, -0.05) is 23.7 Å². The van der Waals surface area contributed by atoms with Crippen LogP contribution in [0.25, 0.3) is 0 Å². The van der Waals surface area contributed by atoms with Crippen LogP contribution < -0.4 is 10.1 Å². The minimum atomic E-state index is -3.63. The van der Waals surface area contributed by atoms with Gasteiger partial charge in [0.1, 0.15) is 5.75 Å². The first-order valence-corrected chi connectivity index (χ1v) is 13.2. The Bertz CT molecular complexity index is 1080. The SMILES string of the molecule is COc1ccc([C@H](CNC(=O)c2cc(S(=O)(=O)N3CCCC3)ccc2Cl)N2CCCC2)cc1. The number of hydrogen-bond donors (Lipinski definition) is 1. The highest BCUT2D eigenvalue weighted by molar-refractivity contribution is 7.89. The van der Waals surface area contributed by atoms with Crippen LogP contribution in [0.2, 0.25) is 5.02 Å². The minimum absolute atomic E-state index is 0.0117. The maximum Gasteiger partial charge on any atom is 0.252 e. The largest absolute Gasteiger partial charge is 0.497 e. The highest BCUT2D eigenvalue weighted by Gasteiger charge is 2.29. The van der Waals surface area contributed by atoms with E-state index in [2.05, 4.69) is 10.2 Å². The van der Waals surface area contributed by atoms with Gasteiger partial charge in [0.15, 0.2) is 0 Å². The molecule has 0 bridgehead atoms. The second-order valence-electron chi connectivity index (χ2n) is 8.49. The predicted octanol–water partition coefficient (Wildman–Crippen LogP) is 3.70. The van der Waals surface area contributed by atoms with Crippen LogP contribution in [0.5, 0.6) is 5.75 Å². The maximum atomic E-state index is 13.1. The van der Waals surface area contributed by atoms with Crippen molar-refractivity contribution in [2.45, 2.75) is 36.6 Å². The molecule has 2 saturated heterocycles. The van der Waals surface area contributed by atoms with Gasteiger partial charge in [0.05, 0.1) is 28.6 Å². The van der Waals surface area contributed by atoms with Gasteiger partial charge < -0.3 is 10.1 Å². The molecule has 2 fully saturated rings. The smallest absolute Gasteiger partial charge is 0.252 e. The molecule has 178 valence electrons. The predicted molar refractivity (Wildman–Crippen MR) is 128 cm³/mol. The van der Waals surface area contributed by atoms with E-state index in [-0.39, 0.29) is 27.4 Å². The molecule has 2 heterocycles. The molecule has 0 saturated carbocycles. The van der Waals surface area contributed by atoms with Gasteiger partial charge in [0.25, 0.3) is 5.91 Å². The molecule has 2 aliphatic rings. The highest BCUT2D eigenvalue weighted by Crippen LogP contribution is 2.28. The van der Waals surface area contributed by atoms with Crippen molar-refractivity contribution in [3.63, 3.8) is 0 Å². The number of carbonyl (C=O) groups excluding carboxylic acids is 1. The van der Waals surface area contributed by atoms with Gasteiger partial charge in [-0.2, -0.15) is 4.31 Å². The van der Waals surface area contributed by atoms with Crippen molar-refractivity contribution in [1.29, 1.82) is 0 Å². The van der Waals surface area contributed by atoms with Crippen molar-refractivity contribution < 1.29 is 17.9 Å². The Kier molecular flexibility index (Phi) is 7.58. The van der Waals surface area contributed by atoms with E-state index in [0.29, 0.717) is 19.6 Å². The van der Waals surface area contributed by atoms with Crippen molar-refractivity contribution in [2.75, 3.05) is 39.8 Å². The van der Waals surface area contributed by atoms with Gasteiger partial charge >= 0.3 is 0 Å². The molecule has 0 spiro atoms. The standard InChI is InChI=1S/C24H30ClN3O4S/c1-32-19-8-6-18(7-9-19)23(27-12-2-3-13-27)17-26-24(29)21-16-20(10-11-22(21)25)33(30,31)28-14-4-5-15-28/h6-11,16,23H,2-5,12-15,17H2,1H3,(H,26,29)/t23-/m0/s1. The van der Waals surface area contributed by atoms with Crippen molar-refractivity contribution in [1.82, 2.24) is 14.5 Å². The number of nitrogens with one attached hydrogen (secondary N) is 1. The molecule has 9 heteroatoms. The normalized spacial score (nSPS) is 18.4. The second-order valence-corrected chi connectivity index (χ2v) is 10.8. The zero-order valence-electron chi connectivity index (χ0n) is 18.8. The Hall–Kier alpha value is -2.13. The van der Waals surface area contributed by atoms with Gasteiger partial charge in [0.2, 0.25) is 10.0 Å². The molecule has 0 aliphatic carbocycles. The summed E-state index contributed by atoms with van der Waals surface area (Å²) >= 11 is 6.30. The average Bonchev–Trinajstić information content (AvgIpc) is 3.55. The van der Waals surface area contributed by atoms with Crippen molar-refractivity contribution in [3.8, 4) is 5.75 Å². The number of sulfonamides is 1. The van der Waals surface area contributed by atoms with Crippen molar-refractivity contribution in [2.24, 2.45) is 0 Å². The van der Waals surface area contributed by atoms with Crippen LogP contribution in [-0.4, -0.2) is 63.4 Å². The fraction of sp³-hybridized carbons (Fsp3) is 0.458. The van der Waals surface area contributed by atoms with E-state index in [9.17, 15) is 13.2 Å². The topological polar surface area (TPSA) is 78.9 Å². The van der Waals surface area contributed by atoms with Crippen LogP contribution >= 0.6 is 11.6 Å². The summed E-state index contributed by atoms with van der Waals surface area (Å²) in [5.74, 6) is 0.405. The Morgan fingerprint density at radius 2 is 1.67 bits per heavy atom. The number of benzene rings is 2. The number of methoxy groups -OCH3 is 1. The Balaban J connectivity index is 1.52. The summed E-state index contributed by atoms with van der Waals surface area (Å²) in [6, 6.07) is 12.2. The number of amides is 1. The van der Waals surface area contributed by atoms with Crippen LogP contribution in [-0.2, 0) is 10.0 Å². The third-order valence-corrected chi connectivity index (χ3v) is 8.65. The quantitative estimate of drug-likeness (QED) is 0.609.